The zero-order valence-electron chi connectivity index (χ0n) is 20.0. The van der Waals surface area contributed by atoms with Crippen LogP contribution in [0, 0.1) is 11.8 Å². The van der Waals surface area contributed by atoms with E-state index in [1.807, 2.05) is 0 Å². The van der Waals surface area contributed by atoms with Gasteiger partial charge in [0.15, 0.2) is 0 Å². The molecule has 1 unspecified atom stereocenters. The number of aliphatic carboxylic acids is 1. The van der Waals surface area contributed by atoms with E-state index in [1.165, 1.54) is 9.80 Å². The minimum atomic E-state index is -0.843. The van der Waals surface area contributed by atoms with E-state index in [0.29, 0.717) is 37.2 Å². The predicted octanol–water partition coefficient (Wildman–Crippen LogP) is 3.49. The normalized spacial score (nSPS) is 24.2. The maximum absolute atomic E-state index is 12.4. The van der Waals surface area contributed by atoms with Gasteiger partial charge in [0.05, 0.1) is 12.0 Å². The second-order valence-corrected chi connectivity index (χ2v) is 10.6. The number of urea groups is 1. The van der Waals surface area contributed by atoms with Gasteiger partial charge in [-0.05, 0) is 70.5 Å². The largest absolute Gasteiger partial charge is 0.481 e. The number of thioether (sulfide) groups is 1. The molecule has 0 aromatic rings. The molecule has 0 bridgehead atoms. The molecule has 0 aromatic heterocycles. The Morgan fingerprint density at radius 3 is 2.47 bits per heavy atom. The fourth-order valence-electron chi connectivity index (χ4n) is 4.22. The summed E-state index contributed by atoms with van der Waals surface area (Å²) in [6.07, 6.45) is 6.82. The van der Waals surface area contributed by atoms with Crippen molar-refractivity contribution in [3.8, 4) is 0 Å². The van der Waals surface area contributed by atoms with E-state index in [4.69, 9.17) is 9.47 Å². The van der Waals surface area contributed by atoms with Crippen LogP contribution in [0.4, 0.5) is 4.79 Å². The molecule has 0 aromatic carbocycles. The van der Waals surface area contributed by atoms with Crippen molar-refractivity contribution >= 4 is 29.7 Å². The summed E-state index contributed by atoms with van der Waals surface area (Å²) in [7, 11) is 3.40. The van der Waals surface area contributed by atoms with Gasteiger partial charge >= 0.3 is 12.0 Å². The molecule has 8 nitrogen and oxygen atoms in total. The van der Waals surface area contributed by atoms with Crippen LogP contribution in [0.1, 0.15) is 58.8 Å². The van der Waals surface area contributed by atoms with Crippen molar-refractivity contribution in [1.82, 2.24) is 9.80 Å². The van der Waals surface area contributed by atoms with Crippen molar-refractivity contribution in [2.75, 3.05) is 45.4 Å². The zero-order chi connectivity index (χ0) is 23.7. The van der Waals surface area contributed by atoms with Crippen LogP contribution >= 0.6 is 11.8 Å². The first kappa shape index (κ1) is 26.9. The van der Waals surface area contributed by atoms with E-state index in [9.17, 15) is 19.5 Å². The van der Waals surface area contributed by atoms with Crippen molar-refractivity contribution in [2.45, 2.75) is 70.4 Å². The lowest BCUT2D eigenvalue weighted by Gasteiger charge is -2.27. The molecule has 1 saturated heterocycles. The van der Waals surface area contributed by atoms with Gasteiger partial charge in [-0.3, -0.25) is 14.5 Å². The summed E-state index contributed by atoms with van der Waals surface area (Å²) in [5, 5.41) is 9.51. The van der Waals surface area contributed by atoms with Gasteiger partial charge in [0.25, 0.3) is 5.91 Å². The summed E-state index contributed by atoms with van der Waals surface area (Å²) in [5.74, 6) is 0.502. The first-order valence-corrected chi connectivity index (χ1v) is 12.8. The summed E-state index contributed by atoms with van der Waals surface area (Å²) in [5.41, 5.74) is -0.843. The summed E-state index contributed by atoms with van der Waals surface area (Å²) < 4.78 is 11.2. The molecule has 1 aliphatic heterocycles. The SMILES string of the molecule is COC1CCC(COCCCSCC(CCCN2C(=O)N(C)C(C)(C)C2=O)C(=O)O)CC1. The highest BCUT2D eigenvalue weighted by Gasteiger charge is 2.48. The van der Waals surface area contributed by atoms with Crippen LogP contribution in [0.2, 0.25) is 0 Å². The Hall–Kier alpha value is -1.32. The minimum Gasteiger partial charge on any atom is -0.481 e. The Balaban J connectivity index is 1.57. The molecule has 2 aliphatic rings. The number of rotatable bonds is 14. The summed E-state index contributed by atoms with van der Waals surface area (Å²) >= 11 is 1.63. The maximum atomic E-state index is 12.4. The number of hydrogen-bond donors (Lipinski definition) is 1. The van der Waals surface area contributed by atoms with Gasteiger partial charge in [-0.2, -0.15) is 11.8 Å². The molecule has 3 amide bonds. The van der Waals surface area contributed by atoms with Crippen molar-refractivity contribution in [3.63, 3.8) is 0 Å². The number of ether oxygens (including phenoxy) is 2. The molecule has 1 aliphatic carbocycles. The van der Waals surface area contributed by atoms with Gasteiger partial charge < -0.3 is 19.5 Å². The lowest BCUT2D eigenvalue weighted by atomic mass is 9.88. The number of hydrogen-bond acceptors (Lipinski definition) is 6. The van der Waals surface area contributed by atoms with Gasteiger partial charge in [-0.1, -0.05) is 0 Å². The molecule has 32 heavy (non-hydrogen) atoms. The number of nitrogens with zero attached hydrogens (tertiary/aromatic N) is 2. The number of imide groups is 1. The zero-order valence-corrected chi connectivity index (χ0v) is 20.8. The van der Waals surface area contributed by atoms with Gasteiger partial charge in [-0.25, -0.2) is 4.79 Å². The molecule has 184 valence electrons. The Kier molecular flexibility index (Phi) is 10.8. The second-order valence-electron chi connectivity index (χ2n) is 9.42. The number of amides is 3. The van der Waals surface area contributed by atoms with Crippen LogP contribution in [-0.2, 0) is 19.1 Å². The van der Waals surface area contributed by atoms with E-state index in [2.05, 4.69) is 0 Å². The van der Waals surface area contributed by atoms with Gasteiger partial charge in [0, 0.05) is 39.7 Å². The molecule has 1 N–H and O–H groups in total. The molecule has 0 radical (unpaired) electrons. The average Bonchev–Trinajstić information content (AvgIpc) is 2.91. The van der Waals surface area contributed by atoms with E-state index in [0.717, 1.165) is 44.5 Å². The number of carboxylic acid groups (broad SMARTS) is 1. The summed E-state index contributed by atoms with van der Waals surface area (Å²) in [4.78, 5) is 38.9. The van der Waals surface area contributed by atoms with Crippen LogP contribution in [0.15, 0.2) is 0 Å². The van der Waals surface area contributed by atoms with Crippen molar-refractivity contribution in [2.24, 2.45) is 11.8 Å². The highest BCUT2D eigenvalue weighted by molar-refractivity contribution is 7.99. The number of carboxylic acids is 1. The van der Waals surface area contributed by atoms with Gasteiger partial charge in [0.2, 0.25) is 0 Å². The van der Waals surface area contributed by atoms with E-state index < -0.39 is 17.4 Å². The third kappa shape index (κ3) is 7.35. The number of carbonyl (C=O) groups is 3. The Morgan fingerprint density at radius 2 is 1.91 bits per heavy atom. The van der Waals surface area contributed by atoms with Crippen LogP contribution in [-0.4, -0.2) is 89.9 Å². The molecule has 1 heterocycles. The van der Waals surface area contributed by atoms with E-state index >= 15 is 0 Å². The highest BCUT2D eigenvalue weighted by Crippen LogP contribution is 2.27. The smallest absolute Gasteiger partial charge is 0.327 e. The molecule has 9 heteroatoms. The number of likely N-dealkylation sites (N-methyl/N-ethyl adjacent to an activating group) is 1. The second kappa shape index (κ2) is 12.8. The van der Waals surface area contributed by atoms with Crippen LogP contribution in [0.25, 0.3) is 0 Å². The lowest BCUT2D eigenvalue weighted by Crippen LogP contribution is -2.41. The molecule has 1 atom stereocenters. The first-order valence-electron chi connectivity index (χ1n) is 11.7. The van der Waals surface area contributed by atoms with Gasteiger partial charge in [-0.15, -0.1) is 0 Å². The van der Waals surface area contributed by atoms with E-state index in [-0.39, 0.29) is 18.5 Å². The first-order chi connectivity index (χ1) is 15.2. The van der Waals surface area contributed by atoms with Crippen molar-refractivity contribution in [1.29, 1.82) is 0 Å². The molecular formula is C23H40N2O6S. The topological polar surface area (TPSA) is 96.4 Å². The predicted molar refractivity (Wildman–Crippen MR) is 125 cm³/mol. The average molecular weight is 473 g/mol. The van der Waals surface area contributed by atoms with E-state index in [1.54, 1.807) is 39.8 Å². The molecule has 2 fully saturated rings. The number of carbonyl (C=O) groups excluding carboxylic acids is 2. The monoisotopic (exact) mass is 472 g/mol. The van der Waals surface area contributed by atoms with Gasteiger partial charge in [0.1, 0.15) is 5.54 Å². The van der Waals surface area contributed by atoms with Crippen molar-refractivity contribution in [3.05, 3.63) is 0 Å². The fourth-order valence-corrected chi connectivity index (χ4v) is 5.31. The maximum Gasteiger partial charge on any atom is 0.327 e. The molecule has 1 saturated carbocycles. The molecule has 0 spiro atoms. The Bertz CT molecular complexity index is 636. The molecular weight excluding hydrogens is 432 g/mol. The molecule has 2 rings (SSSR count). The standard InChI is InChI=1S/C23H40N2O6S/c1-23(2)21(28)25(22(29)24(23)3)12-5-7-18(20(26)27)16-32-14-6-13-31-15-17-8-10-19(30-4)11-9-17/h17-19H,5-16H2,1-4H3,(H,26,27). The summed E-state index contributed by atoms with van der Waals surface area (Å²) in [6, 6.07) is -0.312. The third-order valence-electron chi connectivity index (χ3n) is 6.79. The number of methoxy groups -OCH3 is 1. The van der Waals surface area contributed by atoms with Crippen molar-refractivity contribution < 1.29 is 29.0 Å². The van der Waals surface area contributed by atoms with Crippen LogP contribution in [0.5, 0.6) is 0 Å². The summed E-state index contributed by atoms with van der Waals surface area (Å²) in [6.45, 7) is 5.22. The Labute approximate surface area is 196 Å². The highest BCUT2D eigenvalue weighted by atomic mass is 32.2. The third-order valence-corrected chi connectivity index (χ3v) is 8.00. The lowest BCUT2D eigenvalue weighted by molar-refractivity contribution is -0.141. The Morgan fingerprint density at radius 1 is 1.22 bits per heavy atom. The minimum absolute atomic E-state index is 0.224. The quantitative estimate of drug-likeness (QED) is 0.305. The fraction of sp³-hybridized carbons (Fsp3) is 0.870. The van der Waals surface area contributed by atoms with Crippen LogP contribution < -0.4 is 0 Å². The van der Waals surface area contributed by atoms with Crippen LogP contribution in [0.3, 0.4) is 0 Å².